The van der Waals surface area contributed by atoms with Gasteiger partial charge in [-0.2, -0.15) is 8.42 Å². The number of aromatic hydroxyl groups is 1. The van der Waals surface area contributed by atoms with Crippen LogP contribution in [0.1, 0.15) is 15.9 Å². The number of nitrogens with one attached hydrogen (secondary N) is 1. The molecule has 5 N–H and O–H groups in total. The zero-order chi connectivity index (χ0) is 19.1. The third-order valence-electron chi connectivity index (χ3n) is 3.99. The number of aryl methyl sites for hydroxylation is 1. The molecule has 0 atom stereocenters. The fraction of sp³-hybridized carbons (Fsp3) is 0.0556. The Morgan fingerprint density at radius 3 is 2.42 bits per heavy atom. The monoisotopic (exact) mass is 372 g/mol. The predicted molar refractivity (Wildman–Crippen MR) is 99.0 cm³/mol. The number of phenols is 1. The van der Waals surface area contributed by atoms with Crippen molar-refractivity contribution in [3.05, 3.63) is 59.7 Å². The molecule has 0 heterocycles. The molecule has 0 aliphatic rings. The lowest BCUT2D eigenvalue weighted by atomic mass is 10.1. The van der Waals surface area contributed by atoms with Gasteiger partial charge in [-0.15, -0.1) is 0 Å². The predicted octanol–water partition coefficient (Wildman–Crippen LogP) is 2.94. The van der Waals surface area contributed by atoms with Gasteiger partial charge in [0.1, 0.15) is 10.6 Å². The molecule has 0 radical (unpaired) electrons. The first-order chi connectivity index (χ1) is 12.1. The number of nitrogen functional groups attached to an aromatic ring is 1. The van der Waals surface area contributed by atoms with Gasteiger partial charge in [0.15, 0.2) is 0 Å². The largest absolute Gasteiger partial charge is 0.508 e. The van der Waals surface area contributed by atoms with Gasteiger partial charge >= 0.3 is 0 Å². The van der Waals surface area contributed by atoms with Crippen molar-refractivity contribution >= 4 is 38.2 Å². The van der Waals surface area contributed by atoms with Gasteiger partial charge < -0.3 is 16.2 Å². The van der Waals surface area contributed by atoms with Crippen LogP contribution in [0, 0.1) is 6.92 Å². The number of benzene rings is 3. The summed E-state index contributed by atoms with van der Waals surface area (Å²) in [6.07, 6.45) is 0. The maximum Gasteiger partial charge on any atom is 0.296 e. The number of carbonyl (C=O) groups is 1. The van der Waals surface area contributed by atoms with Crippen LogP contribution in [-0.4, -0.2) is 24.0 Å². The van der Waals surface area contributed by atoms with Crippen molar-refractivity contribution in [3.8, 4) is 5.75 Å². The molecule has 0 bridgehead atoms. The van der Waals surface area contributed by atoms with E-state index >= 15 is 0 Å². The number of fused-ring (bicyclic) bond motifs is 1. The van der Waals surface area contributed by atoms with Crippen LogP contribution in [0.2, 0.25) is 0 Å². The molecule has 7 nitrogen and oxygen atoms in total. The van der Waals surface area contributed by atoms with Crippen LogP contribution in [0.3, 0.4) is 0 Å². The maximum absolute atomic E-state index is 12.5. The summed E-state index contributed by atoms with van der Waals surface area (Å²) in [6, 6.07) is 11.6. The topological polar surface area (TPSA) is 130 Å². The fourth-order valence-corrected chi connectivity index (χ4v) is 3.22. The van der Waals surface area contributed by atoms with Crippen molar-refractivity contribution in [2.75, 3.05) is 11.1 Å². The number of anilines is 2. The molecule has 26 heavy (non-hydrogen) atoms. The minimum atomic E-state index is -4.58. The van der Waals surface area contributed by atoms with E-state index in [2.05, 4.69) is 5.32 Å². The molecule has 1 amide bonds. The zero-order valence-corrected chi connectivity index (χ0v) is 14.5. The van der Waals surface area contributed by atoms with E-state index in [4.69, 9.17) is 5.73 Å². The number of rotatable bonds is 3. The van der Waals surface area contributed by atoms with Gasteiger partial charge in [-0.1, -0.05) is 12.1 Å². The smallest absolute Gasteiger partial charge is 0.296 e. The van der Waals surface area contributed by atoms with Gasteiger partial charge in [0.25, 0.3) is 16.0 Å². The lowest BCUT2D eigenvalue weighted by Crippen LogP contribution is -2.15. The summed E-state index contributed by atoms with van der Waals surface area (Å²) in [5.74, 6) is -0.596. The van der Waals surface area contributed by atoms with E-state index in [9.17, 15) is 22.9 Å². The Balaban J connectivity index is 2.10. The molecule has 0 aromatic heterocycles. The van der Waals surface area contributed by atoms with Crippen molar-refractivity contribution < 1.29 is 22.9 Å². The number of hydrogen-bond donors (Lipinski definition) is 4. The molecule has 3 aromatic carbocycles. The number of hydrogen-bond acceptors (Lipinski definition) is 5. The van der Waals surface area contributed by atoms with Crippen LogP contribution in [0.25, 0.3) is 10.8 Å². The van der Waals surface area contributed by atoms with E-state index in [-0.39, 0.29) is 17.0 Å². The number of amides is 1. The van der Waals surface area contributed by atoms with Gasteiger partial charge in [0.2, 0.25) is 0 Å². The Morgan fingerprint density at radius 1 is 1.04 bits per heavy atom. The second-order valence-electron chi connectivity index (χ2n) is 5.88. The summed E-state index contributed by atoms with van der Waals surface area (Å²) < 4.78 is 32.9. The van der Waals surface area contributed by atoms with Crippen LogP contribution < -0.4 is 11.1 Å². The van der Waals surface area contributed by atoms with E-state index in [0.717, 1.165) is 5.56 Å². The van der Waals surface area contributed by atoms with Crippen molar-refractivity contribution in [2.24, 2.45) is 0 Å². The third-order valence-corrected chi connectivity index (χ3v) is 4.88. The third kappa shape index (κ3) is 3.46. The van der Waals surface area contributed by atoms with E-state index in [1.54, 1.807) is 19.1 Å². The van der Waals surface area contributed by atoms with E-state index in [1.165, 1.54) is 36.4 Å². The Kier molecular flexibility index (Phi) is 4.31. The normalized spacial score (nSPS) is 11.5. The molecule has 0 aliphatic carbocycles. The quantitative estimate of drug-likeness (QED) is 0.413. The standard InChI is InChI=1S/C18H16N2O5S/c1-10-2-3-12(7-15(10)19)18(22)20-16-8-13-6-14(21)5-4-11(13)9-17(16)26(23,24)25/h2-9,21H,19H2,1H3,(H,20,22)(H,23,24,25). The molecule has 3 aromatic rings. The summed E-state index contributed by atoms with van der Waals surface area (Å²) in [5, 5.41) is 13.1. The average Bonchev–Trinajstić information content (AvgIpc) is 2.55. The number of phenolic OH excluding ortho intramolecular Hbond substituents is 1. The Bertz CT molecular complexity index is 1140. The molecule has 0 saturated carbocycles. The molecule has 0 saturated heterocycles. The maximum atomic E-state index is 12.5. The highest BCUT2D eigenvalue weighted by Crippen LogP contribution is 2.30. The molecule has 134 valence electrons. The van der Waals surface area contributed by atoms with Crippen molar-refractivity contribution in [1.29, 1.82) is 0 Å². The lowest BCUT2D eigenvalue weighted by Gasteiger charge is -2.12. The molecular formula is C18H16N2O5S. The van der Waals surface area contributed by atoms with Crippen LogP contribution in [0.4, 0.5) is 11.4 Å². The van der Waals surface area contributed by atoms with Gasteiger partial charge in [0, 0.05) is 11.3 Å². The number of carbonyl (C=O) groups excluding carboxylic acids is 1. The summed E-state index contributed by atoms with van der Waals surface area (Å²) >= 11 is 0. The van der Waals surface area contributed by atoms with E-state index in [1.807, 2.05) is 0 Å². The molecule has 0 spiro atoms. The van der Waals surface area contributed by atoms with Crippen molar-refractivity contribution in [2.45, 2.75) is 11.8 Å². The van der Waals surface area contributed by atoms with E-state index < -0.39 is 20.9 Å². The summed E-state index contributed by atoms with van der Waals surface area (Å²) in [5.41, 5.74) is 7.17. The molecule has 3 rings (SSSR count). The average molecular weight is 372 g/mol. The number of nitrogens with two attached hydrogens (primary N) is 1. The van der Waals surface area contributed by atoms with Crippen LogP contribution in [0.5, 0.6) is 5.75 Å². The minimum Gasteiger partial charge on any atom is -0.508 e. The van der Waals surface area contributed by atoms with Gasteiger partial charge in [-0.25, -0.2) is 0 Å². The van der Waals surface area contributed by atoms with Crippen LogP contribution >= 0.6 is 0 Å². The lowest BCUT2D eigenvalue weighted by molar-refractivity contribution is 0.102. The summed E-state index contributed by atoms with van der Waals surface area (Å²) in [7, 11) is -4.58. The van der Waals surface area contributed by atoms with Gasteiger partial charge in [-0.3, -0.25) is 9.35 Å². The Labute approximate surface area is 149 Å². The van der Waals surface area contributed by atoms with Gasteiger partial charge in [-0.05, 0) is 59.7 Å². The first-order valence-corrected chi connectivity index (χ1v) is 9.01. The SMILES string of the molecule is Cc1ccc(C(=O)Nc2cc3cc(O)ccc3cc2S(=O)(=O)O)cc1N. The highest BCUT2D eigenvalue weighted by Gasteiger charge is 2.19. The van der Waals surface area contributed by atoms with E-state index in [0.29, 0.717) is 16.5 Å². The van der Waals surface area contributed by atoms with Crippen LogP contribution in [0.15, 0.2) is 53.4 Å². The van der Waals surface area contributed by atoms with Crippen LogP contribution in [-0.2, 0) is 10.1 Å². The van der Waals surface area contributed by atoms with Crippen molar-refractivity contribution in [3.63, 3.8) is 0 Å². The first kappa shape index (κ1) is 17.7. The second-order valence-corrected chi connectivity index (χ2v) is 7.27. The summed E-state index contributed by atoms with van der Waals surface area (Å²) in [6.45, 7) is 1.79. The fourth-order valence-electron chi connectivity index (χ4n) is 2.55. The Hall–Kier alpha value is -3.10. The first-order valence-electron chi connectivity index (χ1n) is 7.57. The molecule has 8 heteroatoms. The van der Waals surface area contributed by atoms with Gasteiger partial charge in [0.05, 0.1) is 5.69 Å². The van der Waals surface area contributed by atoms with Crippen molar-refractivity contribution in [1.82, 2.24) is 0 Å². The molecular weight excluding hydrogens is 356 g/mol. The molecule has 0 aliphatic heterocycles. The zero-order valence-electron chi connectivity index (χ0n) is 13.7. The molecule has 0 fully saturated rings. The minimum absolute atomic E-state index is 0.0132. The second kappa shape index (κ2) is 6.32. The Morgan fingerprint density at radius 2 is 1.77 bits per heavy atom. The molecule has 0 unspecified atom stereocenters. The summed E-state index contributed by atoms with van der Waals surface area (Å²) in [4.78, 5) is 12.0. The highest BCUT2D eigenvalue weighted by atomic mass is 32.2. The highest BCUT2D eigenvalue weighted by molar-refractivity contribution is 7.86.